The van der Waals surface area contributed by atoms with Gasteiger partial charge in [-0.05, 0) is 18.1 Å². The van der Waals surface area contributed by atoms with Gasteiger partial charge in [0.2, 0.25) is 5.91 Å². The van der Waals surface area contributed by atoms with Crippen LogP contribution in [0.2, 0.25) is 0 Å². The van der Waals surface area contributed by atoms with E-state index in [1.54, 1.807) is 17.4 Å². The van der Waals surface area contributed by atoms with Gasteiger partial charge in [0.1, 0.15) is 5.01 Å². The molecule has 4 nitrogen and oxygen atoms in total. The molecule has 0 bridgehead atoms. The molecule has 2 aromatic rings. The quantitative estimate of drug-likeness (QED) is 0.822. The number of aryl methyl sites for hydroxylation is 1. The summed E-state index contributed by atoms with van der Waals surface area (Å²) >= 11 is 1.63. The van der Waals surface area contributed by atoms with Crippen molar-refractivity contribution in [2.45, 2.75) is 26.3 Å². The van der Waals surface area contributed by atoms with Crippen LogP contribution in [0.4, 0.5) is 5.69 Å². The molecule has 100 valence electrons. The van der Waals surface area contributed by atoms with Crippen molar-refractivity contribution in [2.75, 3.05) is 5.73 Å². The minimum atomic E-state index is -0.0360. The summed E-state index contributed by atoms with van der Waals surface area (Å²) in [4.78, 5) is 17.3. The van der Waals surface area contributed by atoms with Gasteiger partial charge in [-0.15, -0.1) is 11.3 Å². The second-order valence-corrected chi connectivity index (χ2v) is 5.43. The summed E-state index contributed by atoms with van der Waals surface area (Å²) < 4.78 is 0. The molecule has 0 radical (unpaired) electrons. The maximum atomic E-state index is 11.8. The van der Waals surface area contributed by atoms with Crippen molar-refractivity contribution < 1.29 is 4.79 Å². The summed E-state index contributed by atoms with van der Waals surface area (Å²) in [6, 6.07) is 7.41. The number of nitrogens with zero attached hydrogens (tertiary/aromatic N) is 1. The second-order valence-electron chi connectivity index (χ2n) is 4.23. The van der Waals surface area contributed by atoms with Crippen LogP contribution in [0.3, 0.4) is 0 Å². The molecule has 5 heteroatoms. The first-order valence-electron chi connectivity index (χ1n) is 6.22. The molecule has 1 aromatic heterocycles. The van der Waals surface area contributed by atoms with Crippen molar-refractivity contribution in [1.29, 1.82) is 0 Å². The fourth-order valence-electron chi connectivity index (χ4n) is 1.70. The van der Waals surface area contributed by atoms with Crippen LogP contribution in [0.15, 0.2) is 30.5 Å². The molecule has 0 saturated carbocycles. The lowest BCUT2D eigenvalue weighted by molar-refractivity contribution is -0.120. The molecule has 1 aromatic carbocycles. The van der Waals surface area contributed by atoms with Gasteiger partial charge < -0.3 is 11.1 Å². The Morgan fingerprint density at radius 2 is 2.21 bits per heavy atom. The number of carbonyl (C=O) groups is 1. The van der Waals surface area contributed by atoms with Crippen LogP contribution in [-0.4, -0.2) is 10.9 Å². The van der Waals surface area contributed by atoms with E-state index in [2.05, 4.69) is 17.2 Å². The van der Waals surface area contributed by atoms with Gasteiger partial charge >= 0.3 is 0 Å². The molecular formula is C14H17N3OS. The average molecular weight is 275 g/mol. The van der Waals surface area contributed by atoms with Crippen molar-refractivity contribution in [3.05, 3.63) is 45.9 Å². The van der Waals surface area contributed by atoms with Gasteiger partial charge in [-0.25, -0.2) is 4.98 Å². The van der Waals surface area contributed by atoms with E-state index in [9.17, 15) is 4.79 Å². The molecule has 0 atom stereocenters. The number of carbonyl (C=O) groups excluding carboxylic acids is 1. The van der Waals surface area contributed by atoms with Crippen LogP contribution in [0.1, 0.15) is 22.4 Å². The highest BCUT2D eigenvalue weighted by atomic mass is 32.1. The standard InChI is InChI=1S/C14H17N3OS/c1-2-11-8-17-14(19-11)9-16-13(18)7-10-5-3-4-6-12(10)15/h3-6,8H,2,7,9,15H2,1H3,(H,16,18). The van der Waals surface area contributed by atoms with Gasteiger partial charge in [0.15, 0.2) is 0 Å². The SMILES string of the molecule is CCc1cnc(CNC(=O)Cc2ccccc2N)s1. The van der Waals surface area contributed by atoms with Crippen molar-refractivity contribution in [3.63, 3.8) is 0 Å². The number of hydrogen-bond donors (Lipinski definition) is 2. The number of nitrogen functional groups attached to an aromatic ring is 1. The topological polar surface area (TPSA) is 68.0 Å². The van der Waals surface area contributed by atoms with Gasteiger partial charge in [-0.2, -0.15) is 0 Å². The Kier molecular flexibility index (Phi) is 4.52. The summed E-state index contributed by atoms with van der Waals surface area (Å²) in [5.74, 6) is -0.0360. The van der Waals surface area contributed by atoms with E-state index in [1.165, 1.54) is 4.88 Å². The first kappa shape index (κ1) is 13.5. The number of thiazole rings is 1. The van der Waals surface area contributed by atoms with Crippen LogP contribution in [0.25, 0.3) is 0 Å². The smallest absolute Gasteiger partial charge is 0.224 e. The molecule has 0 unspecified atom stereocenters. The Bertz CT molecular complexity index is 565. The Balaban J connectivity index is 1.86. The zero-order chi connectivity index (χ0) is 13.7. The predicted molar refractivity (Wildman–Crippen MR) is 77.9 cm³/mol. The van der Waals surface area contributed by atoms with Crippen LogP contribution in [-0.2, 0) is 24.2 Å². The number of rotatable bonds is 5. The summed E-state index contributed by atoms with van der Waals surface area (Å²) in [6.45, 7) is 2.57. The number of anilines is 1. The predicted octanol–water partition coefficient (Wildman–Crippen LogP) is 2.15. The van der Waals surface area contributed by atoms with Crippen LogP contribution < -0.4 is 11.1 Å². The van der Waals surface area contributed by atoms with Gasteiger partial charge in [-0.1, -0.05) is 25.1 Å². The van der Waals surface area contributed by atoms with Gasteiger partial charge in [0.05, 0.1) is 13.0 Å². The molecule has 0 fully saturated rings. The van der Waals surface area contributed by atoms with Crippen molar-refractivity contribution in [2.24, 2.45) is 0 Å². The molecule has 0 aliphatic heterocycles. The number of benzene rings is 1. The number of hydrogen-bond acceptors (Lipinski definition) is 4. The Hall–Kier alpha value is -1.88. The van der Waals surface area contributed by atoms with Crippen molar-refractivity contribution >= 4 is 22.9 Å². The number of aromatic nitrogens is 1. The number of amides is 1. The molecule has 0 spiro atoms. The highest BCUT2D eigenvalue weighted by Crippen LogP contribution is 2.13. The van der Waals surface area contributed by atoms with E-state index >= 15 is 0 Å². The molecule has 19 heavy (non-hydrogen) atoms. The lowest BCUT2D eigenvalue weighted by Gasteiger charge is -2.05. The fraction of sp³-hybridized carbons (Fsp3) is 0.286. The van der Waals surface area contributed by atoms with E-state index in [0.29, 0.717) is 18.7 Å². The minimum absolute atomic E-state index is 0.0360. The zero-order valence-electron chi connectivity index (χ0n) is 10.8. The molecule has 3 N–H and O–H groups in total. The van der Waals surface area contributed by atoms with Gasteiger partial charge in [-0.3, -0.25) is 4.79 Å². The maximum Gasteiger partial charge on any atom is 0.224 e. The van der Waals surface area contributed by atoms with Gasteiger partial charge in [0.25, 0.3) is 0 Å². The number of nitrogens with two attached hydrogens (primary N) is 1. The van der Waals surface area contributed by atoms with Crippen LogP contribution in [0.5, 0.6) is 0 Å². The molecule has 2 rings (SSSR count). The number of nitrogens with one attached hydrogen (secondary N) is 1. The van der Waals surface area contributed by atoms with Crippen molar-refractivity contribution in [3.8, 4) is 0 Å². The highest BCUT2D eigenvalue weighted by molar-refractivity contribution is 7.11. The monoisotopic (exact) mass is 275 g/mol. The largest absolute Gasteiger partial charge is 0.398 e. The summed E-state index contributed by atoms with van der Waals surface area (Å²) in [6.07, 6.45) is 3.15. The van der Waals surface area contributed by atoms with E-state index in [1.807, 2.05) is 24.4 Å². The second kappa shape index (κ2) is 6.33. The van der Waals surface area contributed by atoms with Crippen molar-refractivity contribution in [1.82, 2.24) is 10.3 Å². The third-order valence-corrected chi connectivity index (χ3v) is 3.93. The Labute approximate surface area is 116 Å². The molecule has 0 aliphatic carbocycles. The van der Waals surface area contributed by atoms with E-state index in [-0.39, 0.29) is 5.91 Å². The van der Waals surface area contributed by atoms with Gasteiger partial charge in [0, 0.05) is 16.8 Å². The third-order valence-electron chi connectivity index (χ3n) is 2.79. The lowest BCUT2D eigenvalue weighted by Crippen LogP contribution is -2.24. The average Bonchev–Trinajstić information content (AvgIpc) is 2.87. The minimum Gasteiger partial charge on any atom is -0.398 e. The first-order chi connectivity index (χ1) is 9.19. The van der Waals surface area contributed by atoms with E-state index in [0.717, 1.165) is 17.0 Å². The maximum absolute atomic E-state index is 11.8. The Morgan fingerprint density at radius 1 is 1.42 bits per heavy atom. The summed E-state index contributed by atoms with van der Waals surface area (Å²) in [5.41, 5.74) is 7.32. The fourth-order valence-corrected chi connectivity index (χ4v) is 2.50. The lowest BCUT2D eigenvalue weighted by atomic mass is 10.1. The molecule has 1 amide bonds. The zero-order valence-corrected chi connectivity index (χ0v) is 11.7. The molecule has 0 saturated heterocycles. The first-order valence-corrected chi connectivity index (χ1v) is 7.04. The van der Waals surface area contributed by atoms with E-state index < -0.39 is 0 Å². The Morgan fingerprint density at radius 3 is 2.89 bits per heavy atom. The third kappa shape index (κ3) is 3.79. The summed E-state index contributed by atoms with van der Waals surface area (Å²) in [5, 5.41) is 3.80. The molecule has 1 heterocycles. The van der Waals surface area contributed by atoms with Crippen LogP contribution >= 0.6 is 11.3 Å². The van der Waals surface area contributed by atoms with E-state index in [4.69, 9.17) is 5.73 Å². The summed E-state index contributed by atoms with van der Waals surface area (Å²) in [7, 11) is 0. The highest BCUT2D eigenvalue weighted by Gasteiger charge is 2.07. The normalized spacial score (nSPS) is 10.4. The van der Waals surface area contributed by atoms with Crippen LogP contribution in [0, 0.1) is 0 Å². The number of para-hydroxylation sites is 1. The molecular weight excluding hydrogens is 258 g/mol. The molecule has 0 aliphatic rings.